The second-order valence-corrected chi connectivity index (χ2v) is 9.98. The molecular formula is C23H32N4O3. The monoisotopic (exact) mass is 412 g/mol. The minimum Gasteiger partial charge on any atom is -0.484 e. The zero-order valence-corrected chi connectivity index (χ0v) is 18.4. The maximum Gasteiger partial charge on any atom is 0.261 e. The molecule has 1 amide bonds. The average molecular weight is 413 g/mol. The number of amides is 1. The molecule has 0 unspecified atom stereocenters. The zero-order chi connectivity index (χ0) is 21.5. The summed E-state index contributed by atoms with van der Waals surface area (Å²) in [4.78, 5) is 30.0. The molecular weight excluding hydrogens is 380 g/mol. The van der Waals surface area contributed by atoms with Gasteiger partial charge < -0.3 is 15.4 Å². The molecule has 1 aromatic heterocycles. The summed E-state index contributed by atoms with van der Waals surface area (Å²) in [5.41, 5.74) is 0.591. The number of hydrogen-bond donors (Lipinski definition) is 2. The Balaban J connectivity index is 1.43. The van der Waals surface area contributed by atoms with Gasteiger partial charge in [0.25, 0.3) is 11.5 Å². The first-order chi connectivity index (χ1) is 14.1. The molecule has 162 valence electrons. The summed E-state index contributed by atoms with van der Waals surface area (Å²) >= 11 is 0. The lowest BCUT2D eigenvalue weighted by Crippen LogP contribution is -2.62. The van der Waals surface area contributed by atoms with Crippen LogP contribution >= 0.6 is 0 Å². The number of nitrogens with one attached hydrogen (secondary N) is 2. The quantitative estimate of drug-likeness (QED) is 0.806. The Hall–Kier alpha value is -2.41. The lowest BCUT2D eigenvalue weighted by molar-refractivity contribution is -0.124. The number of aromatic nitrogens is 2. The first kappa shape index (κ1) is 20.8. The standard InChI is InChI=1S/C23H32N4O3/c1-22(2)12-15(13-23(3,4)26-22)24-20(28)14-30-16-8-9-18-17(11-16)21(29)27-10-6-5-7-19(27)25-18/h8-9,11,15,26H,5-7,10,12-14H2,1-4H3,(H,24,28). The van der Waals surface area contributed by atoms with Crippen LogP contribution in [0, 0.1) is 0 Å². The minimum atomic E-state index is -0.145. The fourth-order valence-corrected chi connectivity index (χ4v) is 5.15. The third-order valence-electron chi connectivity index (χ3n) is 5.96. The Morgan fingerprint density at radius 1 is 1.23 bits per heavy atom. The van der Waals surface area contributed by atoms with Crippen LogP contribution in [0.3, 0.4) is 0 Å². The summed E-state index contributed by atoms with van der Waals surface area (Å²) in [5.74, 6) is 1.23. The summed E-state index contributed by atoms with van der Waals surface area (Å²) in [5, 5.41) is 7.27. The highest BCUT2D eigenvalue weighted by atomic mass is 16.5. The molecule has 0 aliphatic carbocycles. The largest absolute Gasteiger partial charge is 0.484 e. The number of benzene rings is 1. The van der Waals surface area contributed by atoms with Crippen molar-refractivity contribution in [1.29, 1.82) is 0 Å². The molecule has 2 aromatic rings. The number of piperidine rings is 1. The number of carbonyl (C=O) groups excluding carboxylic acids is 1. The number of hydrogen-bond acceptors (Lipinski definition) is 5. The van der Waals surface area contributed by atoms with Gasteiger partial charge in [0, 0.05) is 30.1 Å². The van der Waals surface area contributed by atoms with Crippen molar-refractivity contribution in [1.82, 2.24) is 20.2 Å². The van der Waals surface area contributed by atoms with Crippen molar-refractivity contribution < 1.29 is 9.53 Å². The Morgan fingerprint density at radius 2 is 1.97 bits per heavy atom. The van der Waals surface area contributed by atoms with E-state index in [4.69, 9.17) is 4.74 Å². The van der Waals surface area contributed by atoms with Crippen LogP contribution in [0.1, 0.15) is 59.2 Å². The van der Waals surface area contributed by atoms with Crippen molar-refractivity contribution in [2.75, 3.05) is 6.61 Å². The highest BCUT2D eigenvalue weighted by Crippen LogP contribution is 2.28. The van der Waals surface area contributed by atoms with Crippen LogP contribution in [0.15, 0.2) is 23.0 Å². The highest BCUT2D eigenvalue weighted by Gasteiger charge is 2.38. The van der Waals surface area contributed by atoms with E-state index in [0.29, 0.717) is 23.2 Å². The zero-order valence-electron chi connectivity index (χ0n) is 18.4. The first-order valence-corrected chi connectivity index (χ1v) is 10.9. The molecule has 0 radical (unpaired) electrons. The van der Waals surface area contributed by atoms with E-state index in [0.717, 1.165) is 37.9 Å². The Bertz CT molecular complexity index is 1010. The van der Waals surface area contributed by atoms with Gasteiger partial charge in [0.2, 0.25) is 0 Å². The van der Waals surface area contributed by atoms with Crippen LogP contribution in [0.5, 0.6) is 5.75 Å². The Labute approximate surface area is 177 Å². The molecule has 1 fully saturated rings. The smallest absolute Gasteiger partial charge is 0.261 e. The SMILES string of the molecule is CC1(C)CC(NC(=O)COc2ccc3nc4n(c(=O)c3c2)CCCC4)CC(C)(C)N1. The van der Waals surface area contributed by atoms with Crippen LogP contribution < -0.4 is 20.9 Å². The van der Waals surface area contributed by atoms with E-state index in [2.05, 4.69) is 43.3 Å². The number of nitrogens with zero attached hydrogens (tertiary/aromatic N) is 2. The van der Waals surface area contributed by atoms with Crippen LogP contribution in [-0.2, 0) is 17.8 Å². The molecule has 0 bridgehead atoms. The maximum absolute atomic E-state index is 12.8. The average Bonchev–Trinajstić information content (AvgIpc) is 2.64. The van der Waals surface area contributed by atoms with Crippen LogP contribution in [0.2, 0.25) is 0 Å². The summed E-state index contributed by atoms with van der Waals surface area (Å²) in [6, 6.07) is 5.39. The van der Waals surface area contributed by atoms with Gasteiger partial charge in [-0.25, -0.2) is 4.98 Å². The third-order valence-corrected chi connectivity index (χ3v) is 5.96. The fraction of sp³-hybridized carbons (Fsp3) is 0.609. The molecule has 7 heteroatoms. The van der Waals surface area contributed by atoms with Crippen LogP contribution in [0.25, 0.3) is 10.9 Å². The van der Waals surface area contributed by atoms with Crippen molar-refractivity contribution in [3.8, 4) is 5.75 Å². The van der Waals surface area contributed by atoms with Crippen LogP contribution in [-0.4, -0.2) is 39.2 Å². The van der Waals surface area contributed by atoms with Gasteiger partial charge in [0.05, 0.1) is 10.9 Å². The van der Waals surface area contributed by atoms with Crippen LogP contribution in [0.4, 0.5) is 0 Å². The number of aryl methyl sites for hydroxylation is 1. The minimum absolute atomic E-state index is 0.0243. The highest BCUT2D eigenvalue weighted by molar-refractivity contribution is 5.80. The molecule has 3 heterocycles. The Morgan fingerprint density at radius 3 is 2.70 bits per heavy atom. The van der Waals surface area contributed by atoms with Gasteiger partial charge in [-0.1, -0.05) is 0 Å². The molecule has 1 saturated heterocycles. The van der Waals surface area contributed by atoms with E-state index in [1.165, 1.54) is 0 Å². The van der Waals surface area contributed by atoms with E-state index in [1.54, 1.807) is 22.8 Å². The lowest BCUT2D eigenvalue weighted by atomic mass is 9.79. The van der Waals surface area contributed by atoms with E-state index in [-0.39, 0.29) is 35.2 Å². The van der Waals surface area contributed by atoms with Crippen molar-refractivity contribution in [2.24, 2.45) is 0 Å². The van der Waals surface area contributed by atoms with Gasteiger partial charge in [-0.3, -0.25) is 14.2 Å². The van der Waals surface area contributed by atoms with Crippen molar-refractivity contribution in [3.05, 3.63) is 34.4 Å². The predicted molar refractivity (Wildman–Crippen MR) is 117 cm³/mol. The summed E-state index contributed by atoms with van der Waals surface area (Å²) in [7, 11) is 0. The molecule has 0 spiro atoms. The molecule has 0 saturated carbocycles. The fourth-order valence-electron chi connectivity index (χ4n) is 5.15. The van der Waals surface area contributed by atoms with Crippen molar-refractivity contribution in [3.63, 3.8) is 0 Å². The van der Waals surface area contributed by atoms with Gasteiger partial charge >= 0.3 is 0 Å². The van der Waals surface area contributed by atoms with Gasteiger partial charge in [0.15, 0.2) is 6.61 Å². The van der Waals surface area contributed by atoms with Gasteiger partial charge in [0.1, 0.15) is 11.6 Å². The number of carbonyl (C=O) groups is 1. The number of ether oxygens (including phenoxy) is 1. The van der Waals surface area contributed by atoms with Gasteiger partial charge in [-0.2, -0.15) is 0 Å². The summed E-state index contributed by atoms with van der Waals surface area (Å²) < 4.78 is 7.48. The lowest BCUT2D eigenvalue weighted by Gasteiger charge is -2.46. The molecule has 4 rings (SSSR count). The summed E-state index contributed by atoms with van der Waals surface area (Å²) in [6.45, 7) is 9.27. The molecule has 1 aromatic carbocycles. The van der Waals surface area contributed by atoms with E-state index in [1.807, 2.05) is 0 Å². The van der Waals surface area contributed by atoms with Crippen molar-refractivity contribution >= 4 is 16.8 Å². The molecule has 2 aliphatic heterocycles. The predicted octanol–water partition coefficient (Wildman–Crippen LogP) is 2.54. The van der Waals surface area contributed by atoms with Gasteiger partial charge in [-0.15, -0.1) is 0 Å². The first-order valence-electron chi connectivity index (χ1n) is 10.9. The van der Waals surface area contributed by atoms with E-state index < -0.39 is 0 Å². The van der Waals surface area contributed by atoms with Gasteiger partial charge in [-0.05, 0) is 71.6 Å². The molecule has 2 aliphatic rings. The Kier molecular flexibility index (Phi) is 5.34. The molecule has 7 nitrogen and oxygen atoms in total. The second-order valence-electron chi connectivity index (χ2n) is 9.98. The number of fused-ring (bicyclic) bond motifs is 2. The summed E-state index contributed by atoms with van der Waals surface area (Å²) in [6.07, 6.45) is 4.64. The van der Waals surface area contributed by atoms with Crippen molar-refractivity contribution in [2.45, 2.75) is 83.5 Å². The number of rotatable bonds is 4. The maximum atomic E-state index is 12.8. The third kappa shape index (κ3) is 4.51. The normalized spacial score (nSPS) is 20.5. The van der Waals surface area contributed by atoms with E-state index >= 15 is 0 Å². The topological polar surface area (TPSA) is 85.2 Å². The molecule has 2 N–H and O–H groups in total. The van der Waals surface area contributed by atoms with E-state index in [9.17, 15) is 9.59 Å². The molecule has 0 atom stereocenters. The molecule has 30 heavy (non-hydrogen) atoms. The second kappa shape index (κ2) is 7.69.